The predicted octanol–water partition coefficient (Wildman–Crippen LogP) is 3.12. The lowest BCUT2D eigenvalue weighted by molar-refractivity contribution is 0.215. The van der Waals surface area contributed by atoms with E-state index in [0.717, 1.165) is 19.3 Å². The molecule has 0 unspecified atom stereocenters. The van der Waals surface area contributed by atoms with E-state index in [4.69, 9.17) is 16.5 Å². The molecule has 0 aliphatic carbocycles. The average molecular weight is 368 g/mol. The summed E-state index contributed by atoms with van der Waals surface area (Å²) in [5.74, 6) is 0. The Hall–Kier alpha value is 0.668. The smallest absolute Gasteiger partial charge is 0.331 e. The van der Waals surface area contributed by atoms with Gasteiger partial charge in [-0.15, -0.1) is 0 Å². The first-order valence-electron chi connectivity index (χ1n) is 7.85. The fraction of sp³-hybridized carbons (Fsp3) is 1.00. The molecule has 1 saturated heterocycles. The highest BCUT2D eigenvalue weighted by molar-refractivity contribution is 6.93. The lowest BCUT2D eigenvalue weighted by Gasteiger charge is -2.48. The van der Waals surface area contributed by atoms with Gasteiger partial charge < -0.3 is 21.4 Å². The Kier molecular flexibility index (Phi) is 6.24. The monoisotopic (exact) mass is 367 g/mol. The van der Waals surface area contributed by atoms with Gasteiger partial charge in [0.05, 0.1) is 0 Å². The molecule has 126 valence electrons. The number of nitrogens with zero attached hydrogens (tertiary/aromatic N) is 1. The van der Waals surface area contributed by atoms with Crippen molar-refractivity contribution >= 4 is 34.2 Å². The van der Waals surface area contributed by atoms with Crippen LogP contribution >= 0.6 is 0 Å². The van der Waals surface area contributed by atoms with Crippen LogP contribution in [-0.4, -0.2) is 58.4 Å². The summed E-state index contributed by atoms with van der Waals surface area (Å²) >= 11 is 0. The second kappa shape index (κ2) is 6.65. The lowest BCUT2D eigenvalue weighted by Crippen LogP contribution is -2.67. The van der Waals surface area contributed by atoms with E-state index >= 15 is 0 Å². The van der Waals surface area contributed by atoms with E-state index in [9.17, 15) is 0 Å². The van der Waals surface area contributed by atoms with Crippen LogP contribution in [0.3, 0.4) is 0 Å². The van der Waals surface area contributed by atoms with E-state index in [1.54, 1.807) is 0 Å². The molecule has 1 fully saturated rings. The van der Waals surface area contributed by atoms with Crippen LogP contribution < -0.4 is 0 Å². The zero-order valence-electron chi connectivity index (χ0n) is 15.2. The third kappa shape index (κ3) is 6.35. The van der Waals surface area contributed by atoms with E-state index < -0.39 is 34.2 Å². The van der Waals surface area contributed by atoms with Crippen molar-refractivity contribution in [2.75, 3.05) is 19.3 Å². The van der Waals surface area contributed by atoms with Gasteiger partial charge in [0.15, 0.2) is 0 Å². The molecule has 1 heterocycles. The van der Waals surface area contributed by atoms with E-state index in [-0.39, 0.29) is 0 Å². The predicted molar refractivity (Wildman–Crippen MR) is 96.2 cm³/mol. The largest absolute Gasteiger partial charge is 0.416 e. The average Bonchev–Trinajstić information content (AvgIpc) is 2.18. The zero-order chi connectivity index (χ0) is 16.5. The van der Waals surface area contributed by atoms with Crippen molar-refractivity contribution in [3.8, 4) is 0 Å². The maximum atomic E-state index is 6.55. The Labute approximate surface area is 134 Å². The summed E-state index contributed by atoms with van der Waals surface area (Å²) < 4.78 is 25.8. The SMILES string of the molecule is CCN(CC)C[Si]1(C)O[Si](C)(C)O[Si](C)(C)O[Si](C)(C)O1. The highest BCUT2D eigenvalue weighted by Gasteiger charge is 2.52. The first-order chi connectivity index (χ1) is 9.32. The van der Waals surface area contributed by atoms with Gasteiger partial charge in [0, 0.05) is 6.17 Å². The van der Waals surface area contributed by atoms with Crippen molar-refractivity contribution in [1.82, 2.24) is 4.90 Å². The van der Waals surface area contributed by atoms with E-state index in [1.165, 1.54) is 0 Å². The van der Waals surface area contributed by atoms with Crippen LogP contribution in [0.5, 0.6) is 0 Å². The Morgan fingerprint density at radius 1 is 0.619 bits per heavy atom. The van der Waals surface area contributed by atoms with Gasteiger partial charge in [-0.05, 0) is 58.9 Å². The summed E-state index contributed by atoms with van der Waals surface area (Å²) in [6, 6.07) is 0. The quantitative estimate of drug-likeness (QED) is 0.714. The van der Waals surface area contributed by atoms with Crippen molar-refractivity contribution in [2.45, 2.75) is 59.7 Å². The molecule has 0 N–H and O–H groups in total. The Balaban J connectivity index is 3.03. The molecule has 0 radical (unpaired) electrons. The molecule has 0 aromatic carbocycles. The van der Waals surface area contributed by atoms with Crippen molar-refractivity contribution in [1.29, 1.82) is 0 Å². The Bertz CT molecular complexity index is 339. The maximum Gasteiger partial charge on any atom is 0.331 e. The van der Waals surface area contributed by atoms with Gasteiger partial charge in [-0.3, -0.25) is 0 Å². The van der Waals surface area contributed by atoms with Crippen LogP contribution in [0.25, 0.3) is 0 Å². The minimum absolute atomic E-state index is 0.877. The van der Waals surface area contributed by atoms with Gasteiger partial charge in [-0.2, -0.15) is 0 Å². The summed E-state index contributed by atoms with van der Waals surface area (Å²) in [4.78, 5) is 2.38. The summed E-state index contributed by atoms with van der Waals surface area (Å²) in [6.45, 7) is 21.2. The normalized spacial score (nSPS) is 27.1. The van der Waals surface area contributed by atoms with Crippen molar-refractivity contribution in [3.63, 3.8) is 0 Å². The minimum atomic E-state index is -2.34. The molecule has 0 atom stereocenters. The number of hydrogen-bond donors (Lipinski definition) is 0. The molecule has 0 spiro atoms. The van der Waals surface area contributed by atoms with Crippen LogP contribution in [0.15, 0.2) is 0 Å². The molecule has 1 aliphatic rings. The van der Waals surface area contributed by atoms with Gasteiger partial charge in [-0.25, -0.2) is 0 Å². The first kappa shape index (κ1) is 19.7. The molecule has 0 aromatic heterocycles. The standard InChI is InChI=1S/C12H33NO4Si4/c1-10-13(11-2)12-21(9)16-19(5,6)14-18(3,4)15-20(7,8)17-21/h10-12H2,1-9H3. The van der Waals surface area contributed by atoms with Crippen LogP contribution in [0.2, 0.25) is 45.8 Å². The Morgan fingerprint density at radius 2 is 0.952 bits per heavy atom. The van der Waals surface area contributed by atoms with Crippen LogP contribution in [0, 0.1) is 0 Å². The van der Waals surface area contributed by atoms with E-state index in [1.807, 2.05) is 0 Å². The highest BCUT2D eigenvalue weighted by atomic mass is 28.5. The number of rotatable bonds is 4. The Morgan fingerprint density at radius 3 is 1.29 bits per heavy atom. The van der Waals surface area contributed by atoms with Crippen molar-refractivity contribution < 1.29 is 16.5 Å². The second-order valence-electron chi connectivity index (χ2n) is 7.20. The third-order valence-electron chi connectivity index (χ3n) is 3.31. The van der Waals surface area contributed by atoms with Crippen LogP contribution in [0.1, 0.15) is 13.8 Å². The van der Waals surface area contributed by atoms with E-state index in [2.05, 4.69) is 64.6 Å². The molecular formula is C12H33NO4Si4. The lowest BCUT2D eigenvalue weighted by atomic mass is 10.6. The molecule has 9 heteroatoms. The fourth-order valence-electron chi connectivity index (χ4n) is 3.22. The van der Waals surface area contributed by atoms with Gasteiger partial charge >= 0.3 is 34.2 Å². The third-order valence-corrected chi connectivity index (χ3v) is 19.6. The first-order valence-corrected chi connectivity index (χ1v) is 18.8. The molecule has 0 aromatic rings. The molecule has 0 bridgehead atoms. The van der Waals surface area contributed by atoms with Crippen molar-refractivity contribution in [2.24, 2.45) is 0 Å². The van der Waals surface area contributed by atoms with Gasteiger partial charge in [-0.1, -0.05) is 13.8 Å². The van der Waals surface area contributed by atoms with E-state index in [0.29, 0.717) is 0 Å². The second-order valence-corrected chi connectivity index (χ2v) is 21.5. The molecular weight excluding hydrogens is 334 g/mol. The number of hydrogen-bond acceptors (Lipinski definition) is 5. The summed E-state index contributed by atoms with van der Waals surface area (Å²) in [5.41, 5.74) is 0. The summed E-state index contributed by atoms with van der Waals surface area (Å²) in [5, 5.41) is 0. The van der Waals surface area contributed by atoms with Crippen LogP contribution in [0.4, 0.5) is 0 Å². The topological polar surface area (TPSA) is 40.2 Å². The highest BCUT2D eigenvalue weighted by Crippen LogP contribution is 2.30. The molecule has 0 saturated carbocycles. The molecule has 1 rings (SSSR count). The summed E-state index contributed by atoms with van der Waals surface area (Å²) in [6.07, 6.45) is 0.877. The van der Waals surface area contributed by atoms with Gasteiger partial charge in [0.25, 0.3) is 0 Å². The van der Waals surface area contributed by atoms with Crippen LogP contribution in [-0.2, 0) is 16.5 Å². The minimum Gasteiger partial charge on any atom is -0.416 e. The fourth-order valence-corrected chi connectivity index (χ4v) is 25.0. The summed E-state index contributed by atoms with van der Waals surface area (Å²) in [7, 11) is -8.98. The van der Waals surface area contributed by atoms with Gasteiger partial charge in [0.1, 0.15) is 0 Å². The molecule has 0 amide bonds. The molecule has 21 heavy (non-hydrogen) atoms. The van der Waals surface area contributed by atoms with Gasteiger partial charge in [0.2, 0.25) is 0 Å². The maximum absolute atomic E-state index is 6.55. The zero-order valence-corrected chi connectivity index (χ0v) is 19.2. The van der Waals surface area contributed by atoms with Crippen molar-refractivity contribution in [3.05, 3.63) is 0 Å². The molecule has 1 aliphatic heterocycles. The molecule has 5 nitrogen and oxygen atoms in total.